The van der Waals surface area contributed by atoms with Crippen molar-refractivity contribution in [1.82, 2.24) is 14.7 Å². The Morgan fingerprint density at radius 1 is 1.04 bits per heavy atom. The van der Waals surface area contributed by atoms with Crippen LogP contribution in [-0.2, 0) is 16.0 Å². The standard InChI is InChI=1S/C22H33N3O2/c1-3-24(4-2)21(26)17-23-13-8-14-25(16-15-23)22(27)20-12-7-10-18-9-5-6-11-19(18)20/h5-6,9,11,20H,3-4,7-8,10,12-17H2,1-2H3. The number of amides is 2. The van der Waals surface area contributed by atoms with Crippen molar-refractivity contribution in [3.05, 3.63) is 35.4 Å². The first-order valence-corrected chi connectivity index (χ1v) is 10.5. The minimum Gasteiger partial charge on any atom is -0.342 e. The van der Waals surface area contributed by atoms with E-state index in [1.54, 1.807) is 0 Å². The van der Waals surface area contributed by atoms with Crippen molar-refractivity contribution < 1.29 is 9.59 Å². The quantitative estimate of drug-likeness (QED) is 0.799. The van der Waals surface area contributed by atoms with Gasteiger partial charge in [0.25, 0.3) is 0 Å². The summed E-state index contributed by atoms with van der Waals surface area (Å²) < 4.78 is 0. The molecule has 5 heteroatoms. The fourth-order valence-electron chi connectivity index (χ4n) is 4.45. The van der Waals surface area contributed by atoms with Crippen LogP contribution in [0.4, 0.5) is 0 Å². The highest BCUT2D eigenvalue weighted by Gasteiger charge is 2.31. The van der Waals surface area contributed by atoms with E-state index in [4.69, 9.17) is 0 Å². The molecule has 1 aromatic rings. The van der Waals surface area contributed by atoms with Crippen LogP contribution in [0.1, 0.15) is 50.2 Å². The van der Waals surface area contributed by atoms with Gasteiger partial charge in [0.05, 0.1) is 12.5 Å². The molecule has 1 aliphatic carbocycles. The summed E-state index contributed by atoms with van der Waals surface area (Å²) in [6.07, 6.45) is 4.06. The van der Waals surface area contributed by atoms with Crippen LogP contribution in [0.2, 0.25) is 0 Å². The highest BCUT2D eigenvalue weighted by molar-refractivity contribution is 5.84. The normalized spacial score (nSPS) is 20.7. The molecular formula is C22H33N3O2. The first kappa shape index (κ1) is 19.9. The minimum absolute atomic E-state index is 0.0128. The van der Waals surface area contributed by atoms with Crippen molar-refractivity contribution in [1.29, 1.82) is 0 Å². The minimum atomic E-state index is 0.0128. The lowest BCUT2D eigenvalue weighted by atomic mass is 9.82. The zero-order valence-corrected chi connectivity index (χ0v) is 16.8. The summed E-state index contributed by atoms with van der Waals surface area (Å²) in [7, 11) is 0. The van der Waals surface area contributed by atoms with E-state index in [9.17, 15) is 9.59 Å². The molecule has 0 radical (unpaired) electrons. The third kappa shape index (κ3) is 4.70. The van der Waals surface area contributed by atoms with E-state index in [1.165, 1.54) is 11.1 Å². The van der Waals surface area contributed by atoms with Gasteiger partial charge in [-0.05, 0) is 50.7 Å². The molecule has 2 amide bonds. The van der Waals surface area contributed by atoms with Crippen LogP contribution in [-0.4, -0.2) is 72.3 Å². The molecule has 2 aliphatic rings. The third-order valence-electron chi connectivity index (χ3n) is 6.04. The predicted octanol–water partition coefficient (Wildman–Crippen LogP) is 2.51. The second kappa shape index (κ2) is 9.36. The second-order valence-corrected chi connectivity index (χ2v) is 7.66. The van der Waals surface area contributed by atoms with Gasteiger partial charge in [-0.15, -0.1) is 0 Å². The topological polar surface area (TPSA) is 43.9 Å². The Morgan fingerprint density at radius 2 is 1.81 bits per heavy atom. The first-order chi connectivity index (χ1) is 13.1. The smallest absolute Gasteiger partial charge is 0.236 e. The summed E-state index contributed by atoms with van der Waals surface area (Å²) in [5.74, 6) is 0.485. The third-order valence-corrected chi connectivity index (χ3v) is 6.04. The second-order valence-electron chi connectivity index (χ2n) is 7.66. The number of rotatable bonds is 5. The number of carbonyl (C=O) groups is 2. The van der Waals surface area contributed by atoms with Gasteiger partial charge < -0.3 is 9.80 Å². The highest BCUT2D eigenvalue weighted by atomic mass is 16.2. The first-order valence-electron chi connectivity index (χ1n) is 10.5. The van der Waals surface area contributed by atoms with E-state index in [2.05, 4.69) is 23.1 Å². The number of aryl methyl sites for hydroxylation is 1. The summed E-state index contributed by atoms with van der Waals surface area (Å²) in [6.45, 7) is 9.22. The Morgan fingerprint density at radius 3 is 2.59 bits per heavy atom. The number of nitrogens with zero attached hydrogens (tertiary/aromatic N) is 3. The van der Waals surface area contributed by atoms with Gasteiger partial charge >= 0.3 is 0 Å². The van der Waals surface area contributed by atoms with Crippen molar-refractivity contribution in [2.75, 3.05) is 45.8 Å². The average Bonchev–Trinajstić information content (AvgIpc) is 2.93. The Balaban J connectivity index is 1.60. The number of carbonyl (C=O) groups excluding carboxylic acids is 2. The van der Waals surface area contributed by atoms with Crippen molar-refractivity contribution in [2.24, 2.45) is 0 Å². The Labute approximate surface area is 163 Å². The van der Waals surface area contributed by atoms with Crippen molar-refractivity contribution in [3.8, 4) is 0 Å². The zero-order chi connectivity index (χ0) is 19.2. The molecule has 1 aliphatic heterocycles. The number of likely N-dealkylation sites (N-methyl/N-ethyl adjacent to an activating group) is 1. The fraction of sp³-hybridized carbons (Fsp3) is 0.636. The van der Waals surface area contributed by atoms with E-state index < -0.39 is 0 Å². The predicted molar refractivity (Wildman–Crippen MR) is 108 cm³/mol. The number of benzene rings is 1. The average molecular weight is 372 g/mol. The van der Waals surface area contributed by atoms with Gasteiger partial charge in [0.15, 0.2) is 0 Å². The molecule has 1 fully saturated rings. The van der Waals surface area contributed by atoms with E-state index in [0.717, 1.165) is 65.0 Å². The summed E-state index contributed by atoms with van der Waals surface area (Å²) in [6, 6.07) is 8.41. The summed E-state index contributed by atoms with van der Waals surface area (Å²) in [5.41, 5.74) is 2.56. The molecule has 0 bridgehead atoms. The molecule has 0 spiro atoms. The van der Waals surface area contributed by atoms with E-state index in [-0.39, 0.29) is 17.7 Å². The lowest BCUT2D eigenvalue weighted by Gasteiger charge is -2.30. The highest BCUT2D eigenvalue weighted by Crippen LogP contribution is 2.33. The van der Waals surface area contributed by atoms with Crippen LogP contribution in [0.15, 0.2) is 24.3 Å². The molecule has 0 N–H and O–H groups in total. The molecule has 27 heavy (non-hydrogen) atoms. The summed E-state index contributed by atoms with van der Waals surface area (Å²) >= 11 is 0. The Hall–Kier alpha value is -1.88. The van der Waals surface area contributed by atoms with E-state index in [0.29, 0.717) is 6.54 Å². The zero-order valence-electron chi connectivity index (χ0n) is 16.8. The van der Waals surface area contributed by atoms with Crippen LogP contribution in [0.3, 0.4) is 0 Å². The molecule has 1 heterocycles. The lowest BCUT2D eigenvalue weighted by Crippen LogP contribution is -2.42. The SMILES string of the molecule is CCN(CC)C(=O)CN1CCCN(C(=O)C2CCCc3ccccc32)CC1. The molecule has 5 nitrogen and oxygen atoms in total. The van der Waals surface area contributed by atoms with Gasteiger partial charge in [-0.2, -0.15) is 0 Å². The van der Waals surface area contributed by atoms with Crippen molar-refractivity contribution in [3.63, 3.8) is 0 Å². The summed E-state index contributed by atoms with van der Waals surface area (Å²) in [5, 5.41) is 0. The van der Waals surface area contributed by atoms with Gasteiger partial charge in [0.2, 0.25) is 11.8 Å². The molecular weight excluding hydrogens is 338 g/mol. The molecule has 0 aromatic heterocycles. The van der Waals surface area contributed by atoms with E-state index in [1.807, 2.05) is 29.7 Å². The van der Waals surface area contributed by atoms with Gasteiger partial charge in [0, 0.05) is 39.3 Å². The molecule has 1 saturated heterocycles. The molecule has 148 valence electrons. The van der Waals surface area contributed by atoms with Crippen LogP contribution >= 0.6 is 0 Å². The van der Waals surface area contributed by atoms with Crippen LogP contribution < -0.4 is 0 Å². The number of fused-ring (bicyclic) bond motifs is 1. The fourth-order valence-corrected chi connectivity index (χ4v) is 4.45. The van der Waals surface area contributed by atoms with Gasteiger partial charge in [0.1, 0.15) is 0 Å². The maximum absolute atomic E-state index is 13.2. The molecule has 0 saturated carbocycles. The van der Waals surface area contributed by atoms with Crippen LogP contribution in [0.5, 0.6) is 0 Å². The van der Waals surface area contributed by atoms with Crippen molar-refractivity contribution >= 4 is 11.8 Å². The molecule has 1 atom stereocenters. The van der Waals surface area contributed by atoms with Gasteiger partial charge in [-0.1, -0.05) is 24.3 Å². The molecule has 3 rings (SSSR count). The lowest BCUT2D eigenvalue weighted by molar-refractivity contribution is -0.133. The number of hydrogen-bond donors (Lipinski definition) is 0. The Bertz CT molecular complexity index is 657. The summed E-state index contributed by atoms with van der Waals surface area (Å²) in [4.78, 5) is 31.7. The number of hydrogen-bond acceptors (Lipinski definition) is 3. The monoisotopic (exact) mass is 371 g/mol. The van der Waals surface area contributed by atoms with Crippen molar-refractivity contribution in [2.45, 2.75) is 45.4 Å². The van der Waals surface area contributed by atoms with Crippen LogP contribution in [0, 0.1) is 0 Å². The maximum atomic E-state index is 13.2. The van der Waals surface area contributed by atoms with Gasteiger partial charge in [-0.3, -0.25) is 14.5 Å². The van der Waals surface area contributed by atoms with Gasteiger partial charge in [-0.25, -0.2) is 0 Å². The Kier molecular flexibility index (Phi) is 6.89. The molecule has 1 unspecified atom stereocenters. The molecule has 1 aromatic carbocycles. The van der Waals surface area contributed by atoms with Crippen LogP contribution in [0.25, 0.3) is 0 Å². The van der Waals surface area contributed by atoms with E-state index >= 15 is 0 Å². The maximum Gasteiger partial charge on any atom is 0.236 e. The largest absolute Gasteiger partial charge is 0.342 e.